The Morgan fingerprint density at radius 1 is 1.24 bits per heavy atom. The Kier molecular flexibility index (Phi) is 5.20. The van der Waals surface area contributed by atoms with E-state index < -0.39 is 6.10 Å². The first-order chi connectivity index (χ1) is 16.0. The van der Waals surface area contributed by atoms with E-state index in [0.717, 1.165) is 62.5 Å². The van der Waals surface area contributed by atoms with Crippen LogP contribution in [0.5, 0.6) is 5.75 Å². The van der Waals surface area contributed by atoms with E-state index in [-0.39, 0.29) is 6.10 Å². The molecule has 4 heterocycles. The fourth-order valence-electron chi connectivity index (χ4n) is 5.27. The number of hydrogen-bond donors (Lipinski definition) is 1. The van der Waals surface area contributed by atoms with E-state index >= 15 is 0 Å². The van der Waals surface area contributed by atoms with Gasteiger partial charge in [-0.25, -0.2) is 0 Å². The molecule has 7 heteroatoms. The van der Waals surface area contributed by atoms with Gasteiger partial charge < -0.3 is 9.84 Å². The third kappa shape index (κ3) is 3.47. The maximum absolute atomic E-state index is 10.4. The molecule has 1 N–H and O–H groups in total. The molecule has 0 saturated carbocycles. The van der Waals surface area contributed by atoms with Gasteiger partial charge in [0.1, 0.15) is 17.5 Å². The number of rotatable bonds is 4. The van der Waals surface area contributed by atoms with Crippen LogP contribution in [-0.4, -0.2) is 19.9 Å². The van der Waals surface area contributed by atoms with Crippen molar-refractivity contribution >= 4 is 33.2 Å². The minimum atomic E-state index is -0.474. The fourth-order valence-corrected chi connectivity index (χ4v) is 6.73. The third-order valence-corrected chi connectivity index (χ3v) is 8.41. The van der Waals surface area contributed by atoms with Crippen molar-refractivity contribution in [2.24, 2.45) is 7.05 Å². The Morgan fingerprint density at radius 2 is 2.09 bits per heavy atom. The number of aryl methyl sites for hydroxylation is 1. The SMILES string of the molecule is CCC(O)c1cc2nccc(-c3cc(Cl)cc4c3O[C@@H](c3nn(C)c5c3CCCC5)C4)c2s1. The summed E-state index contributed by atoms with van der Waals surface area (Å²) in [5.41, 5.74) is 7.84. The molecule has 0 amide bonds. The molecule has 1 unspecified atom stereocenters. The zero-order chi connectivity index (χ0) is 22.7. The fraction of sp³-hybridized carbons (Fsp3) is 0.385. The number of thiophene rings is 1. The van der Waals surface area contributed by atoms with Crippen molar-refractivity contribution in [3.8, 4) is 16.9 Å². The molecular formula is C26H26ClN3O2S. The average molecular weight is 480 g/mol. The molecule has 1 aliphatic carbocycles. The molecule has 0 spiro atoms. The number of nitrogens with zero attached hydrogens (tertiary/aromatic N) is 3. The second-order valence-corrected chi connectivity index (χ2v) is 10.6. The summed E-state index contributed by atoms with van der Waals surface area (Å²) >= 11 is 8.19. The van der Waals surface area contributed by atoms with E-state index in [0.29, 0.717) is 11.4 Å². The monoisotopic (exact) mass is 479 g/mol. The Bertz CT molecular complexity index is 1380. The average Bonchev–Trinajstić information content (AvgIpc) is 3.53. The molecule has 1 aromatic carbocycles. The quantitative estimate of drug-likeness (QED) is 0.370. The predicted octanol–water partition coefficient (Wildman–Crippen LogP) is 6.35. The van der Waals surface area contributed by atoms with Gasteiger partial charge in [0.05, 0.1) is 16.3 Å². The van der Waals surface area contributed by atoms with Crippen LogP contribution in [0.4, 0.5) is 0 Å². The highest BCUT2D eigenvalue weighted by Crippen LogP contribution is 2.48. The zero-order valence-corrected chi connectivity index (χ0v) is 20.3. The molecule has 1 aliphatic heterocycles. The molecule has 4 aromatic rings. The summed E-state index contributed by atoms with van der Waals surface area (Å²) in [6.07, 6.45) is 7.30. The lowest BCUT2D eigenvalue weighted by Gasteiger charge is -2.16. The minimum absolute atomic E-state index is 0.0941. The van der Waals surface area contributed by atoms with Gasteiger partial charge in [0, 0.05) is 57.5 Å². The van der Waals surface area contributed by atoms with Gasteiger partial charge in [-0.15, -0.1) is 11.3 Å². The lowest BCUT2D eigenvalue weighted by atomic mass is 9.93. The van der Waals surface area contributed by atoms with Crippen molar-refractivity contribution in [2.45, 2.75) is 57.7 Å². The van der Waals surface area contributed by atoms with Crippen molar-refractivity contribution in [3.05, 3.63) is 62.9 Å². The van der Waals surface area contributed by atoms with Gasteiger partial charge in [-0.1, -0.05) is 18.5 Å². The highest BCUT2D eigenvalue weighted by Gasteiger charge is 2.33. The Morgan fingerprint density at radius 3 is 2.94 bits per heavy atom. The van der Waals surface area contributed by atoms with E-state index in [9.17, 15) is 5.11 Å². The van der Waals surface area contributed by atoms with Crippen LogP contribution in [0, 0.1) is 0 Å². The number of fused-ring (bicyclic) bond motifs is 3. The van der Waals surface area contributed by atoms with Gasteiger partial charge in [0.2, 0.25) is 0 Å². The van der Waals surface area contributed by atoms with Gasteiger partial charge in [0.25, 0.3) is 0 Å². The number of benzene rings is 1. The van der Waals surface area contributed by atoms with E-state index in [1.165, 1.54) is 24.1 Å². The van der Waals surface area contributed by atoms with Crippen LogP contribution in [0.15, 0.2) is 30.5 Å². The lowest BCUT2D eigenvalue weighted by Crippen LogP contribution is -2.09. The summed E-state index contributed by atoms with van der Waals surface area (Å²) in [6.45, 7) is 1.98. The summed E-state index contributed by atoms with van der Waals surface area (Å²) in [7, 11) is 2.05. The smallest absolute Gasteiger partial charge is 0.147 e. The van der Waals surface area contributed by atoms with Crippen molar-refractivity contribution in [2.75, 3.05) is 0 Å². The highest BCUT2D eigenvalue weighted by atomic mass is 35.5. The highest BCUT2D eigenvalue weighted by molar-refractivity contribution is 7.19. The molecule has 170 valence electrons. The normalized spacial score (nSPS) is 18.2. The van der Waals surface area contributed by atoms with E-state index in [4.69, 9.17) is 21.4 Å². The zero-order valence-electron chi connectivity index (χ0n) is 18.8. The van der Waals surface area contributed by atoms with Gasteiger partial charge in [0.15, 0.2) is 0 Å². The van der Waals surface area contributed by atoms with Crippen LogP contribution >= 0.6 is 22.9 Å². The summed E-state index contributed by atoms with van der Waals surface area (Å²) in [5, 5.41) is 16.0. The number of hydrogen-bond acceptors (Lipinski definition) is 5. The maximum atomic E-state index is 10.4. The van der Waals surface area contributed by atoms with Crippen LogP contribution in [-0.2, 0) is 26.3 Å². The van der Waals surface area contributed by atoms with E-state index in [1.807, 2.05) is 49.1 Å². The maximum Gasteiger partial charge on any atom is 0.147 e. The van der Waals surface area contributed by atoms with Gasteiger partial charge in [-0.3, -0.25) is 9.67 Å². The number of ether oxygens (including phenoxy) is 1. The molecule has 33 heavy (non-hydrogen) atoms. The summed E-state index contributed by atoms with van der Waals surface area (Å²) in [6, 6.07) is 8.02. The molecule has 0 fully saturated rings. The van der Waals surface area contributed by atoms with Crippen LogP contribution < -0.4 is 4.74 Å². The largest absolute Gasteiger partial charge is 0.483 e. The first kappa shape index (κ1) is 21.1. The number of aliphatic hydroxyl groups excluding tert-OH is 1. The Labute approximate surface area is 202 Å². The molecule has 6 rings (SSSR count). The topological polar surface area (TPSA) is 60.2 Å². The standard InChI is InChI=1S/C26H26ClN3O2S/c1-3-21(31)23-13-19-26(33-23)16(8-9-28-19)18-12-15(27)10-14-11-22(32-25(14)18)24-17-6-4-5-7-20(17)30(2)29-24/h8-10,12-13,21-22,31H,3-7,11H2,1-2H3/t21?,22-/m1/s1. The number of aromatic nitrogens is 3. The molecule has 3 aromatic heterocycles. The van der Waals surface area contributed by atoms with Crippen molar-refractivity contribution in [1.29, 1.82) is 0 Å². The number of pyridine rings is 1. The van der Waals surface area contributed by atoms with Gasteiger partial charge >= 0.3 is 0 Å². The van der Waals surface area contributed by atoms with Gasteiger partial charge in [-0.2, -0.15) is 5.10 Å². The second-order valence-electron chi connectivity index (χ2n) is 9.04. The first-order valence-electron chi connectivity index (χ1n) is 11.6. The molecule has 0 radical (unpaired) electrons. The third-order valence-electron chi connectivity index (χ3n) is 6.93. The van der Waals surface area contributed by atoms with Crippen molar-refractivity contribution < 1.29 is 9.84 Å². The number of aliphatic hydroxyl groups is 1. The first-order valence-corrected chi connectivity index (χ1v) is 12.8. The van der Waals surface area contributed by atoms with Crippen molar-refractivity contribution in [3.63, 3.8) is 0 Å². The predicted molar refractivity (Wildman–Crippen MR) is 132 cm³/mol. The summed E-state index contributed by atoms with van der Waals surface area (Å²) < 4.78 is 9.73. The molecule has 2 aliphatic rings. The second kappa shape index (κ2) is 8.12. The Balaban J connectivity index is 1.44. The minimum Gasteiger partial charge on any atom is -0.483 e. The molecule has 0 bridgehead atoms. The molecule has 0 saturated heterocycles. The van der Waals surface area contributed by atoms with Crippen LogP contribution in [0.3, 0.4) is 0 Å². The molecular weight excluding hydrogens is 454 g/mol. The van der Waals surface area contributed by atoms with Crippen LogP contribution in [0.1, 0.15) is 65.8 Å². The van der Waals surface area contributed by atoms with Crippen molar-refractivity contribution in [1.82, 2.24) is 14.8 Å². The molecule has 2 atom stereocenters. The van der Waals surface area contributed by atoms with E-state index in [1.54, 1.807) is 11.3 Å². The van der Waals surface area contributed by atoms with E-state index in [2.05, 4.69) is 4.98 Å². The number of halogens is 1. The summed E-state index contributed by atoms with van der Waals surface area (Å²) in [5.74, 6) is 0.887. The van der Waals surface area contributed by atoms with Crippen LogP contribution in [0.25, 0.3) is 21.3 Å². The van der Waals surface area contributed by atoms with Crippen LogP contribution in [0.2, 0.25) is 5.02 Å². The summed E-state index contributed by atoms with van der Waals surface area (Å²) in [4.78, 5) is 5.48. The molecule has 5 nitrogen and oxygen atoms in total. The Hall–Kier alpha value is -2.41. The van der Waals surface area contributed by atoms with Gasteiger partial charge in [-0.05, 0) is 56.4 Å². The lowest BCUT2D eigenvalue weighted by molar-refractivity contribution is 0.177.